The van der Waals surface area contributed by atoms with Crippen LogP contribution >= 0.6 is 34.8 Å². The van der Waals surface area contributed by atoms with Gasteiger partial charge in [0.25, 0.3) is 0 Å². The van der Waals surface area contributed by atoms with Crippen LogP contribution in [0.1, 0.15) is 5.56 Å². The van der Waals surface area contributed by atoms with Crippen molar-refractivity contribution in [3.8, 4) is 5.75 Å². The highest BCUT2D eigenvalue weighted by atomic mass is 35.5. The summed E-state index contributed by atoms with van der Waals surface area (Å²) in [6, 6.07) is 12.7. The molecule has 0 radical (unpaired) electrons. The molecule has 2 aromatic rings. The predicted octanol–water partition coefficient (Wildman–Crippen LogP) is 4.22. The van der Waals surface area contributed by atoms with E-state index in [1.807, 2.05) is 24.3 Å². The molecule has 2 N–H and O–H groups in total. The van der Waals surface area contributed by atoms with E-state index in [-0.39, 0.29) is 6.61 Å². The van der Waals surface area contributed by atoms with Gasteiger partial charge in [-0.25, -0.2) is 0 Å². The normalized spacial score (nSPS) is 12.2. The molecule has 0 saturated carbocycles. The summed E-state index contributed by atoms with van der Waals surface area (Å²) in [4.78, 5) is 0. The highest BCUT2D eigenvalue weighted by molar-refractivity contribution is 6.34. The average Bonchev–Trinajstić information content (AvgIpc) is 2.54. The summed E-state index contributed by atoms with van der Waals surface area (Å²) in [6.45, 7) is 1.34. The number of hydrogen-bond acceptors (Lipinski definition) is 3. The second-order valence-corrected chi connectivity index (χ2v) is 6.40. The summed E-state index contributed by atoms with van der Waals surface area (Å²) in [7, 11) is 0. The fourth-order valence-corrected chi connectivity index (χ4v) is 2.45. The summed E-state index contributed by atoms with van der Waals surface area (Å²) in [6.07, 6.45) is 0.237. The Labute approximate surface area is 151 Å². The number of aliphatic hydroxyl groups excluding tert-OH is 1. The summed E-state index contributed by atoms with van der Waals surface area (Å²) in [5.41, 5.74) is 1.19. The van der Waals surface area contributed by atoms with Crippen LogP contribution in [-0.4, -0.2) is 30.9 Å². The molecule has 0 aromatic heterocycles. The standard InChI is InChI=1S/C17H18Cl3NO2/c18-13-3-1-12(2-4-13)7-8-21-10-15(22)11-23-17-9-14(19)5-6-16(17)20/h1-6,9,15,21-22H,7-8,10-11H2/t15-/m1/s1. The molecular weight excluding hydrogens is 357 g/mol. The smallest absolute Gasteiger partial charge is 0.139 e. The molecule has 0 heterocycles. The lowest BCUT2D eigenvalue weighted by atomic mass is 10.1. The molecule has 2 aromatic carbocycles. The minimum Gasteiger partial charge on any atom is -0.489 e. The van der Waals surface area contributed by atoms with Gasteiger partial charge in [0, 0.05) is 22.7 Å². The highest BCUT2D eigenvalue weighted by Crippen LogP contribution is 2.27. The molecule has 0 saturated heterocycles. The van der Waals surface area contributed by atoms with Crippen LogP contribution in [-0.2, 0) is 6.42 Å². The number of halogens is 3. The number of nitrogens with one attached hydrogen (secondary N) is 1. The van der Waals surface area contributed by atoms with Gasteiger partial charge < -0.3 is 15.2 Å². The largest absolute Gasteiger partial charge is 0.489 e. The molecule has 2 rings (SSSR count). The molecule has 0 aliphatic heterocycles. The van der Waals surface area contributed by atoms with Crippen LogP contribution in [0.5, 0.6) is 5.75 Å². The van der Waals surface area contributed by atoms with Crippen LogP contribution in [0, 0.1) is 0 Å². The summed E-state index contributed by atoms with van der Waals surface area (Å²) < 4.78 is 5.49. The molecule has 0 aliphatic rings. The van der Waals surface area contributed by atoms with Crippen LogP contribution in [0.2, 0.25) is 15.1 Å². The van der Waals surface area contributed by atoms with Gasteiger partial charge >= 0.3 is 0 Å². The second kappa shape index (κ2) is 9.36. The Hall–Kier alpha value is -0.970. The molecule has 0 fully saturated rings. The number of ether oxygens (including phenoxy) is 1. The average molecular weight is 375 g/mol. The van der Waals surface area contributed by atoms with Crippen molar-refractivity contribution in [1.82, 2.24) is 5.32 Å². The summed E-state index contributed by atoms with van der Waals surface area (Å²) in [5, 5.41) is 14.9. The van der Waals surface area contributed by atoms with E-state index in [0.29, 0.717) is 22.3 Å². The van der Waals surface area contributed by atoms with Crippen LogP contribution in [0.15, 0.2) is 42.5 Å². The third kappa shape index (κ3) is 6.58. The van der Waals surface area contributed by atoms with E-state index in [9.17, 15) is 5.11 Å². The number of benzene rings is 2. The van der Waals surface area contributed by atoms with Crippen LogP contribution in [0.25, 0.3) is 0 Å². The van der Waals surface area contributed by atoms with Gasteiger partial charge in [0.1, 0.15) is 18.5 Å². The SMILES string of the molecule is O[C@H](CNCCc1ccc(Cl)cc1)COc1cc(Cl)ccc1Cl. The van der Waals surface area contributed by atoms with E-state index in [1.165, 1.54) is 5.56 Å². The minimum absolute atomic E-state index is 0.147. The van der Waals surface area contributed by atoms with Crippen molar-refractivity contribution < 1.29 is 9.84 Å². The van der Waals surface area contributed by atoms with Gasteiger partial charge in [-0.15, -0.1) is 0 Å². The molecule has 124 valence electrons. The maximum Gasteiger partial charge on any atom is 0.139 e. The number of rotatable bonds is 8. The zero-order chi connectivity index (χ0) is 16.7. The molecule has 0 aliphatic carbocycles. The Balaban J connectivity index is 1.66. The van der Waals surface area contributed by atoms with E-state index in [1.54, 1.807) is 18.2 Å². The van der Waals surface area contributed by atoms with Crippen LogP contribution < -0.4 is 10.1 Å². The van der Waals surface area contributed by atoms with Crippen molar-refractivity contribution in [1.29, 1.82) is 0 Å². The van der Waals surface area contributed by atoms with Gasteiger partial charge in [-0.2, -0.15) is 0 Å². The van der Waals surface area contributed by atoms with Crippen molar-refractivity contribution in [2.75, 3.05) is 19.7 Å². The Morgan fingerprint density at radius 3 is 2.43 bits per heavy atom. The highest BCUT2D eigenvalue weighted by Gasteiger charge is 2.08. The van der Waals surface area contributed by atoms with Gasteiger partial charge in [0.15, 0.2) is 0 Å². The maximum absolute atomic E-state index is 9.92. The molecule has 0 bridgehead atoms. The van der Waals surface area contributed by atoms with Crippen LogP contribution in [0.4, 0.5) is 0 Å². The molecule has 3 nitrogen and oxygen atoms in total. The minimum atomic E-state index is -0.629. The van der Waals surface area contributed by atoms with Gasteiger partial charge in [-0.05, 0) is 42.8 Å². The summed E-state index contributed by atoms with van der Waals surface area (Å²) in [5.74, 6) is 0.472. The lowest BCUT2D eigenvalue weighted by Gasteiger charge is -2.14. The topological polar surface area (TPSA) is 41.5 Å². The van der Waals surface area contributed by atoms with E-state index >= 15 is 0 Å². The first kappa shape index (κ1) is 18.4. The molecule has 6 heteroatoms. The Bertz CT molecular complexity index is 620. The predicted molar refractivity (Wildman–Crippen MR) is 96.0 cm³/mol. The lowest BCUT2D eigenvalue weighted by Crippen LogP contribution is -2.32. The lowest BCUT2D eigenvalue weighted by molar-refractivity contribution is 0.107. The molecule has 1 atom stereocenters. The Kier molecular flexibility index (Phi) is 7.47. The summed E-state index contributed by atoms with van der Waals surface area (Å²) >= 11 is 17.7. The molecule has 23 heavy (non-hydrogen) atoms. The number of aliphatic hydroxyl groups is 1. The zero-order valence-corrected chi connectivity index (χ0v) is 14.7. The Morgan fingerprint density at radius 2 is 1.70 bits per heavy atom. The van der Waals surface area contributed by atoms with E-state index in [4.69, 9.17) is 39.5 Å². The molecular formula is C17H18Cl3NO2. The molecule has 0 amide bonds. The van der Waals surface area contributed by atoms with Crippen molar-refractivity contribution >= 4 is 34.8 Å². The van der Waals surface area contributed by atoms with E-state index < -0.39 is 6.10 Å². The Morgan fingerprint density at radius 1 is 1.00 bits per heavy atom. The maximum atomic E-state index is 9.92. The van der Waals surface area contributed by atoms with Crippen molar-refractivity contribution in [3.05, 3.63) is 63.1 Å². The van der Waals surface area contributed by atoms with Crippen molar-refractivity contribution in [3.63, 3.8) is 0 Å². The van der Waals surface area contributed by atoms with Gasteiger partial charge in [0.2, 0.25) is 0 Å². The quantitative estimate of drug-likeness (QED) is 0.680. The number of hydrogen-bond donors (Lipinski definition) is 2. The third-order valence-electron chi connectivity index (χ3n) is 3.21. The van der Waals surface area contributed by atoms with E-state index in [0.717, 1.165) is 18.0 Å². The second-order valence-electron chi connectivity index (χ2n) is 5.12. The third-order valence-corrected chi connectivity index (χ3v) is 4.01. The fraction of sp³-hybridized carbons (Fsp3) is 0.294. The van der Waals surface area contributed by atoms with Crippen LogP contribution in [0.3, 0.4) is 0 Å². The van der Waals surface area contributed by atoms with Gasteiger partial charge in [-0.1, -0.05) is 46.9 Å². The molecule has 0 unspecified atom stereocenters. The first-order valence-electron chi connectivity index (χ1n) is 7.25. The van der Waals surface area contributed by atoms with Gasteiger partial charge in [-0.3, -0.25) is 0 Å². The fourth-order valence-electron chi connectivity index (χ4n) is 1.99. The van der Waals surface area contributed by atoms with Gasteiger partial charge in [0.05, 0.1) is 5.02 Å². The van der Waals surface area contributed by atoms with Crippen molar-refractivity contribution in [2.24, 2.45) is 0 Å². The first-order valence-corrected chi connectivity index (χ1v) is 8.39. The first-order chi connectivity index (χ1) is 11.0. The molecule has 0 spiro atoms. The van der Waals surface area contributed by atoms with E-state index in [2.05, 4.69) is 5.32 Å². The van der Waals surface area contributed by atoms with Crippen molar-refractivity contribution in [2.45, 2.75) is 12.5 Å². The monoisotopic (exact) mass is 373 g/mol. The zero-order valence-electron chi connectivity index (χ0n) is 12.4.